The van der Waals surface area contributed by atoms with E-state index in [1.807, 2.05) is 56.3 Å². The molecule has 3 nitrogen and oxygen atoms in total. The first-order valence-corrected chi connectivity index (χ1v) is 6.65. The number of ether oxygens (including phenoxy) is 1. The average Bonchev–Trinajstić information content (AvgIpc) is 2.46. The number of nitrogens with one attached hydrogen (secondary N) is 1. The molecule has 0 spiro atoms. The van der Waals surface area contributed by atoms with Gasteiger partial charge in [0.1, 0.15) is 5.75 Å². The third-order valence-corrected chi connectivity index (χ3v) is 2.73. The van der Waals surface area contributed by atoms with Gasteiger partial charge >= 0.3 is 0 Å². The highest BCUT2D eigenvalue weighted by Gasteiger charge is 2.12. The van der Waals surface area contributed by atoms with E-state index in [1.165, 1.54) is 0 Å². The molecule has 0 atom stereocenters. The molecule has 0 saturated heterocycles. The molecule has 0 bridgehead atoms. The van der Waals surface area contributed by atoms with Crippen LogP contribution in [0.25, 0.3) is 0 Å². The summed E-state index contributed by atoms with van der Waals surface area (Å²) in [6.07, 6.45) is 0.0358. The summed E-state index contributed by atoms with van der Waals surface area (Å²) >= 11 is 0. The maximum atomic E-state index is 12.2. The Labute approximate surface area is 119 Å². The third kappa shape index (κ3) is 3.85. The molecule has 0 fully saturated rings. The van der Waals surface area contributed by atoms with Crippen molar-refractivity contribution in [1.82, 2.24) is 5.32 Å². The molecule has 1 N–H and O–H groups in total. The van der Waals surface area contributed by atoms with E-state index in [4.69, 9.17) is 4.74 Å². The molecule has 2 rings (SSSR count). The Morgan fingerprint density at radius 1 is 1.20 bits per heavy atom. The first-order valence-electron chi connectivity index (χ1n) is 6.65. The second-order valence-electron chi connectivity index (χ2n) is 4.75. The Bertz CT molecular complexity index is 564. The molecule has 0 aliphatic carbocycles. The lowest BCUT2D eigenvalue weighted by Gasteiger charge is -2.14. The summed E-state index contributed by atoms with van der Waals surface area (Å²) in [5.74, 6) is 0.482. The maximum Gasteiger partial charge on any atom is 0.255 e. The van der Waals surface area contributed by atoms with Crippen LogP contribution < -0.4 is 10.1 Å². The number of carbonyl (C=O) groups is 1. The smallest absolute Gasteiger partial charge is 0.255 e. The second-order valence-corrected chi connectivity index (χ2v) is 4.75. The van der Waals surface area contributed by atoms with Gasteiger partial charge in [0.15, 0.2) is 0 Å². The van der Waals surface area contributed by atoms with Crippen molar-refractivity contribution in [2.75, 3.05) is 0 Å². The van der Waals surface area contributed by atoms with Crippen molar-refractivity contribution < 1.29 is 9.53 Å². The molecule has 0 saturated carbocycles. The van der Waals surface area contributed by atoms with Crippen molar-refractivity contribution in [2.24, 2.45) is 0 Å². The molecule has 103 valence electrons. The van der Waals surface area contributed by atoms with Crippen molar-refractivity contribution in [3.8, 4) is 5.75 Å². The summed E-state index contributed by atoms with van der Waals surface area (Å²) in [6, 6.07) is 17.7. The molecule has 2 aromatic rings. The Morgan fingerprint density at radius 2 is 1.90 bits per heavy atom. The van der Waals surface area contributed by atoms with Gasteiger partial charge < -0.3 is 10.1 Å². The highest BCUT2D eigenvalue weighted by molar-refractivity contribution is 5.96. The van der Waals surface area contributed by atoms with Crippen LogP contribution in [0.4, 0.5) is 0 Å². The maximum absolute atomic E-state index is 12.2. The Balaban J connectivity index is 2.05. The quantitative estimate of drug-likeness (QED) is 0.904. The predicted octanol–water partition coefficient (Wildman–Crippen LogP) is 3.20. The van der Waals surface area contributed by atoms with E-state index in [2.05, 4.69) is 11.4 Å². The third-order valence-electron chi connectivity index (χ3n) is 2.73. The topological polar surface area (TPSA) is 38.3 Å². The summed E-state index contributed by atoms with van der Waals surface area (Å²) < 4.78 is 5.65. The van der Waals surface area contributed by atoms with Crippen molar-refractivity contribution in [3.63, 3.8) is 0 Å². The SMILES string of the molecule is CC(C)Oc1ccccc1C(=O)NCc1cc[c]cc1. The van der Waals surface area contributed by atoms with Crippen LogP contribution >= 0.6 is 0 Å². The molecule has 0 aliphatic heterocycles. The summed E-state index contributed by atoms with van der Waals surface area (Å²) in [5.41, 5.74) is 1.60. The normalized spacial score (nSPS) is 10.3. The van der Waals surface area contributed by atoms with Gasteiger partial charge in [0, 0.05) is 6.54 Å². The number of amides is 1. The molecule has 2 aromatic carbocycles. The summed E-state index contributed by atoms with van der Waals surface area (Å²) in [7, 11) is 0. The van der Waals surface area contributed by atoms with E-state index < -0.39 is 0 Å². The van der Waals surface area contributed by atoms with Gasteiger partial charge in [0.05, 0.1) is 11.7 Å². The minimum absolute atomic E-state index is 0.0358. The first-order chi connectivity index (χ1) is 9.66. The highest BCUT2D eigenvalue weighted by Crippen LogP contribution is 2.19. The van der Waals surface area contributed by atoms with Gasteiger partial charge in [-0.05, 0) is 37.6 Å². The summed E-state index contributed by atoms with van der Waals surface area (Å²) in [5, 5.41) is 2.90. The van der Waals surface area contributed by atoms with Crippen molar-refractivity contribution >= 4 is 5.91 Å². The summed E-state index contributed by atoms with van der Waals surface area (Å²) in [4.78, 5) is 12.2. The van der Waals surface area contributed by atoms with E-state index in [0.29, 0.717) is 17.9 Å². The molecule has 3 heteroatoms. The van der Waals surface area contributed by atoms with Crippen LogP contribution in [0, 0.1) is 6.07 Å². The minimum atomic E-state index is -0.130. The van der Waals surface area contributed by atoms with E-state index >= 15 is 0 Å². The van der Waals surface area contributed by atoms with E-state index in [-0.39, 0.29) is 12.0 Å². The zero-order valence-corrected chi connectivity index (χ0v) is 11.7. The fourth-order valence-corrected chi connectivity index (χ4v) is 1.83. The lowest BCUT2D eigenvalue weighted by Crippen LogP contribution is -2.24. The molecule has 0 unspecified atom stereocenters. The van der Waals surface area contributed by atoms with E-state index in [9.17, 15) is 4.79 Å². The van der Waals surface area contributed by atoms with Gasteiger partial charge in [0.25, 0.3) is 5.91 Å². The van der Waals surface area contributed by atoms with Crippen LogP contribution in [-0.4, -0.2) is 12.0 Å². The summed E-state index contributed by atoms with van der Waals surface area (Å²) in [6.45, 7) is 4.37. The minimum Gasteiger partial charge on any atom is -0.490 e. The number of carbonyl (C=O) groups excluding carboxylic acids is 1. The van der Waals surface area contributed by atoms with Crippen LogP contribution in [0.3, 0.4) is 0 Å². The van der Waals surface area contributed by atoms with Crippen LogP contribution in [-0.2, 0) is 6.54 Å². The van der Waals surface area contributed by atoms with Crippen LogP contribution in [0.2, 0.25) is 0 Å². The second kappa shape index (κ2) is 6.75. The Kier molecular flexibility index (Phi) is 4.77. The van der Waals surface area contributed by atoms with Crippen molar-refractivity contribution in [2.45, 2.75) is 26.5 Å². The molecule has 1 radical (unpaired) electrons. The lowest BCUT2D eigenvalue weighted by molar-refractivity contribution is 0.0945. The van der Waals surface area contributed by atoms with Crippen LogP contribution in [0.15, 0.2) is 48.5 Å². The fraction of sp³-hybridized carbons (Fsp3) is 0.235. The number of benzene rings is 2. The van der Waals surface area contributed by atoms with E-state index in [0.717, 1.165) is 5.56 Å². The number of para-hydroxylation sites is 1. The fourth-order valence-electron chi connectivity index (χ4n) is 1.83. The predicted molar refractivity (Wildman–Crippen MR) is 78.7 cm³/mol. The van der Waals surface area contributed by atoms with Gasteiger partial charge in [-0.15, -0.1) is 0 Å². The molecular formula is C17H18NO2. The zero-order chi connectivity index (χ0) is 14.4. The van der Waals surface area contributed by atoms with Gasteiger partial charge in [0.2, 0.25) is 0 Å². The number of hydrogen-bond acceptors (Lipinski definition) is 2. The molecule has 1 amide bonds. The van der Waals surface area contributed by atoms with Crippen molar-refractivity contribution in [1.29, 1.82) is 0 Å². The average molecular weight is 268 g/mol. The van der Waals surface area contributed by atoms with Gasteiger partial charge in [-0.2, -0.15) is 0 Å². The zero-order valence-electron chi connectivity index (χ0n) is 11.7. The standard InChI is InChI=1S/C17H18NO2/c1-13(2)20-16-11-7-6-10-15(16)17(19)18-12-14-8-4-3-5-9-14/h4-11,13H,12H2,1-2H3,(H,18,19). The van der Waals surface area contributed by atoms with Gasteiger partial charge in [-0.3, -0.25) is 4.79 Å². The molecular weight excluding hydrogens is 250 g/mol. The number of hydrogen-bond donors (Lipinski definition) is 1. The molecule has 0 aromatic heterocycles. The largest absolute Gasteiger partial charge is 0.490 e. The van der Waals surface area contributed by atoms with Crippen LogP contribution in [0.5, 0.6) is 5.75 Å². The monoisotopic (exact) mass is 268 g/mol. The van der Waals surface area contributed by atoms with Gasteiger partial charge in [-0.25, -0.2) is 0 Å². The Hall–Kier alpha value is -2.29. The van der Waals surface area contributed by atoms with Crippen LogP contribution in [0.1, 0.15) is 29.8 Å². The van der Waals surface area contributed by atoms with Crippen molar-refractivity contribution in [3.05, 3.63) is 65.7 Å². The lowest BCUT2D eigenvalue weighted by atomic mass is 10.1. The first kappa shape index (κ1) is 14.1. The van der Waals surface area contributed by atoms with E-state index in [1.54, 1.807) is 6.07 Å². The number of rotatable bonds is 5. The molecule has 0 heterocycles. The molecule has 0 aliphatic rings. The Morgan fingerprint density at radius 3 is 2.60 bits per heavy atom. The van der Waals surface area contributed by atoms with Gasteiger partial charge in [-0.1, -0.05) is 36.4 Å². The highest BCUT2D eigenvalue weighted by atomic mass is 16.5. The molecule has 20 heavy (non-hydrogen) atoms.